The van der Waals surface area contributed by atoms with E-state index in [9.17, 15) is 13.6 Å². The third-order valence-electron chi connectivity index (χ3n) is 5.92. The van der Waals surface area contributed by atoms with Crippen molar-refractivity contribution in [3.63, 3.8) is 0 Å². The quantitative estimate of drug-likeness (QED) is 0.537. The maximum Gasteiger partial charge on any atom is 0.410 e. The molecule has 0 saturated carbocycles. The van der Waals surface area contributed by atoms with Crippen LogP contribution in [-0.2, 0) is 22.2 Å². The van der Waals surface area contributed by atoms with Gasteiger partial charge in [-0.25, -0.2) is 14.8 Å². The van der Waals surface area contributed by atoms with Crippen molar-refractivity contribution in [2.24, 2.45) is 5.92 Å². The Labute approximate surface area is 210 Å². The smallest absolute Gasteiger partial charge is 0.410 e. The van der Waals surface area contributed by atoms with Gasteiger partial charge in [-0.1, -0.05) is 30.1 Å². The fourth-order valence-corrected chi connectivity index (χ4v) is 4.33. The number of aromatic nitrogens is 2. The molecule has 1 aromatic carbocycles. The molecule has 2 aromatic rings. The van der Waals surface area contributed by atoms with E-state index in [1.807, 2.05) is 58.2 Å². The van der Waals surface area contributed by atoms with Crippen LogP contribution in [0.5, 0.6) is 0 Å². The molecule has 1 saturated heterocycles. The van der Waals surface area contributed by atoms with Gasteiger partial charge in [-0.2, -0.15) is 0 Å². The predicted molar refractivity (Wildman–Crippen MR) is 138 cm³/mol. The van der Waals surface area contributed by atoms with E-state index >= 15 is 0 Å². The zero-order valence-electron chi connectivity index (χ0n) is 21.2. The lowest BCUT2D eigenvalue weighted by molar-refractivity contribution is 0.0186. The van der Waals surface area contributed by atoms with Crippen LogP contribution in [0.1, 0.15) is 46.1 Å². The number of rotatable bonds is 8. The minimum Gasteiger partial charge on any atom is -0.772 e. The maximum absolute atomic E-state index is 12.3. The molecule has 192 valence electrons. The number of amides is 1. The maximum atomic E-state index is 12.3. The van der Waals surface area contributed by atoms with E-state index in [0.29, 0.717) is 31.2 Å². The second-order valence-corrected chi connectivity index (χ2v) is 11.5. The van der Waals surface area contributed by atoms with E-state index in [-0.39, 0.29) is 6.09 Å². The number of carbonyl (C=O) groups is 1. The summed E-state index contributed by atoms with van der Waals surface area (Å²) < 4.78 is 27.6. The van der Waals surface area contributed by atoms with Crippen molar-refractivity contribution in [1.29, 1.82) is 0 Å². The first-order valence-corrected chi connectivity index (χ1v) is 13.1. The summed E-state index contributed by atoms with van der Waals surface area (Å²) in [7, 11) is 2.02. The van der Waals surface area contributed by atoms with E-state index in [1.165, 1.54) is 0 Å². The SMILES string of the molecule is CC(Cc1ccc(Nc2cc(N(C)CC3CCN(C(=O)OC(C)(C)C)CC3)ncn2)cc1)S(=O)[O-]. The number of nitrogens with one attached hydrogen (secondary N) is 1. The highest BCUT2D eigenvalue weighted by molar-refractivity contribution is 7.79. The normalized spacial score (nSPS) is 16.5. The second-order valence-electron chi connectivity index (χ2n) is 10.1. The standard InChI is InChI=1S/C25H37N5O4S/c1-18(35(32)33)14-19-6-8-21(9-7-19)28-22-15-23(27-17-26-22)29(5)16-20-10-12-30(13-11-20)24(31)34-25(2,3)4/h6-9,15,17-18,20H,10-14,16H2,1-5H3,(H,32,33)(H,26,27,28)/p-1. The molecule has 0 spiro atoms. The van der Waals surface area contributed by atoms with Gasteiger partial charge in [-0.05, 0) is 63.6 Å². The topological polar surface area (TPSA) is 111 Å². The molecule has 10 heteroatoms. The number of nitrogens with zero attached hydrogens (tertiary/aromatic N) is 4. The molecule has 1 fully saturated rings. The summed E-state index contributed by atoms with van der Waals surface area (Å²) in [6.45, 7) is 9.58. The number of benzene rings is 1. The van der Waals surface area contributed by atoms with Crippen LogP contribution in [-0.4, -0.2) is 67.3 Å². The first-order chi connectivity index (χ1) is 16.5. The molecule has 1 aromatic heterocycles. The van der Waals surface area contributed by atoms with E-state index in [0.717, 1.165) is 36.5 Å². The van der Waals surface area contributed by atoms with Crippen molar-refractivity contribution in [3.05, 3.63) is 42.2 Å². The Morgan fingerprint density at radius 3 is 2.51 bits per heavy atom. The molecule has 1 N–H and O–H groups in total. The Kier molecular flexibility index (Phi) is 9.07. The molecule has 35 heavy (non-hydrogen) atoms. The zero-order chi connectivity index (χ0) is 25.6. The third-order valence-corrected chi connectivity index (χ3v) is 6.74. The van der Waals surface area contributed by atoms with Gasteiger partial charge in [0.25, 0.3) is 0 Å². The van der Waals surface area contributed by atoms with Crippen LogP contribution >= 0.6 is 0 Å². The summed E-state index contributed by atoms with van der Waals surface area (Å²) in [6, 6.07) is 9.58. The average molecular weight is 503 g/mol. The molecule has 0 aliphatic carbocycles. The molecule has 2 unspecified atom stereocenters. The lowest BCUT2D eigenvalue weighted by atomic mass is 9.96. The number of likely N-dealkylation sites (tertiary alicyclic amines) is 1. The van der Waals surface area contributed by atoms with Crippen molar-refractivity contribution >= 4 is 34.5 Å². The Morgan fingerprint density at radius 1 is 1.26 bits per heavy atom. The van der Waals surface area contributed by atoms with Gasteiger partial charge >= 0.3 is 6.09 Å². The van der Waals surface area contributed by atoms with Gasteiger partial charge in [0, 0.05) is 43.7 Å². The number of anilines is 3. The molecular formula is C25H36N5O4S-. The number of hydrogen-bond donors (Lipinski definition) is 1. The molecule has 0 radical (unpaired) electrons. The highest BCUT2D eigenvalue weighted by Gasteiger charge is 2.27. The third kappa shape index (κ3) is 8.47. The summed E-state index contributed by atoms with van der Waals surface area (Å²) >= 11 is -2.08. The molecule has 0 bridgehead atoms. The molecule has 3 rings (SSSR count). The van der Waals surface area contributed by atoms with Crippen molar-refractivity contribution in [1.82, 2.24) is 14.9 Å². The minimum atomic E-state index is -2.08. The molecule has 9 nitrogen and oxygen atoms in total. The molecule has 1 aliphatic heterocycles. The van der Waals surface area contributed by atoms with Gasteiger partial charge in [-0.3, -0.25) is 4.21 Å². The number of hydrogen-bond acceptors (Lipinski definition) is 8. The van der Waals surface area contributed by atoms with Crippen LogP contribution in [0.4, 0.5) is 22.1 Å². The van der Waals surface area contributed by atoms with Gasteiger partial charge in [0.05, 0.1) is 0 Å². The highest BCUT2D eigenvalue weighted by atomic mass is 32.2. The van der Waals surface area contributed by atoms with Crippen molar-refractivity contribution in [2.75, 3.05) is 36.9 Å². The van der Waals surface area contributed by atoms with Crippen LogP contribution in [0.2, 0.25) is 0 Å². The second kappa shape index (κ2) is 11.8. The van der Waals surface area contributed by atoms with Crippen molar-refractivity contribution in [2.45, 2.75) is 57.8 Å². The lowest BCUT2D eigenvalue weighted by Crippen LogP contribution is -2.43. The minimum absolute atomic E-state index is 0.237. The van der Waals surface area contributed by atoms with E-state index < -0.39 is 21.9 Å². The summed E-state index contributed by atoms with van der Waals surface area (Å²) in [5.74, 6) is 1.97. The molecule has 1 aliphatic rings. The van der Waals surface area contributed by atoms with Crippen LogP contribution in [0.3, 0.4) is 0 Å². The van der Waals surface area contributed by atoms with Gasteiger partial charge in [0.15, 0.2) is 0 Å². The monoisotopic (exact) mass is 502 g/mol. The molecule has 2 heterocycles. The summed E-state index contributed by atoms with van der Waals surface area (Å²) in [5.41, 5.74) is 1.35. The fraction of sp³-hybridized carbons (Fsp3) is 0.560. The van der Waals surface area contributed by atoms with Gasteiger partial charge < -0.3 is 24.4 Å². The Bertz CT molecular complexity index is 1000. The average Bonchev–Trinajstić information content (AvgIpc) is 2.80. The van der Waals surface area contributed by atoms with E-state index in [1.54, 1.807) is 18.2 Å². The van der Waals surface area contributed by atoms with Crippen LogP contribution < -0.4 is 10.2 Å². The molecular weight excluding hydrogens is 466 g/mol. The van der Waals surface area contributed by atoms with Crippen LogP contribution in [0.25, 0.3) is 0 Å². The van der Waals surface area contributed by atoms with Crippen LogP contribution in [0.15, 0.2) is 36.7 Å². The van der Waals surface area contributed by atoms with Gasteiger partial charge in [0.1, 0.15) is 23.6 Å². The predicted octanol–water partition coefficient (Wildman–Crippen LogP) is 4.11. The Morgan fingerprint density at radius 2 is 1.91 bits per heavy atom. The molecule has 1 amide bonds. The summed E-state index contributed by atoms with van der Waals surface area (Å²) in [4.78, 5) is 25.0. The number of piperidine rings is 1. The van der Waals surface area contributed by atoms with E-state index in [2.05, 4.69) is 20.2 Å². The Hall–Kier alpha value is -2.72. The van der Waals surface area contributed by atoms with Crippen LogP contribution in [0, 0.1) is 5.92 Å². The first kappa shape index (κ1) is 26.9. The molecule has 2 atom stereocenters. The van der Waals surface area contributed by atoms with E-state index in [4.69, 9.17) is 4.74 Å². The highest BCUT2D eigenvalue weighted by Crippen LogP contribution is 2.24. The Balaban J connectivity index is 1.52. The number of ether oxygens (including phenoxy) is 1. The van der Waals surface area contributed by atoms with Gasteiger partial charge in [-0.15, -0.1) is 0 Å². The van der Waals surface area contributed by atoms with Gasteiger partial charge in [0.2, 0.25) is 0 Å². The zero-order valence-corrected chi connectivity index (χ0v) is 22.0. The summed E-state index contributed by atoms with van der Waals surface area (Å²) in [5, 5.41) is 2.87. The van der Waals surface area contributed by atoms with Crippen molar-refractivity contribution in [3.8, 4) is 0 Å². The first-order valence-electron chi connectivity index (χ1n) is 12.0. The fourth-order valence-electron chi connectivity index (χ4n) is 4.00. The van der Waals surface area contributed by atoms with Crippen molar-refractivity contribution < 1.29 is 18.3 Å². The summed E-state index contributed by atoms with van der Waals surface area (Å²) in [6.07, 6.45) is 3.63. The largest absolute Gasteiger partial charge is 0.772 e. The lowest BCUT2D eigenvalue weighted by Gasteiger charge is -2.35. The number of carbonyl (C=O) groups excluding carboxylic acids is 1.